The van der Waals surface area contributed by atoms with Crippen molar-refractivity contribution in [2.45, 2.75) is 51.6 Å². The second kappa shape index (κ2) is 8.20. The Bertz CT molecular complexity index is 1030. The van der Waals surface area contributed by atoms with Crippen molar-refractivity contribution in [3.63, 3.8) is 0 Å². The molecule has 4 rings (SSSR count). The standard InChI is InChI=1S/C24H31FN4O2/c1-15-12-28(16(2)11-26-15)13-21(30)29-14-24(3,4)22-20(29)10-18(23(31)27-22)9-17-5-7-19(25)8-6-17/h5-8,10,15-16,26H,9,11-14H2,1-4H3,(H,27,31)/t15?,16-/m0/s1. The van der Waals surface area contributed by atoms with Crippen molar-refractivity contribution in [3.05, 3.63) is 63.3 Å². The van der Waals surface area contributed by atoms with Crippen LogP contribution in [0.3, 0.4) is 0 Å². The molecule has 1 unspecified atom stereocenters. The average molecular weight is 427 g/mol. The van der Waals surface area contributed by atoms with E-state index in [-0.39, 0.29) is 22.7 Å². The van der Waals surface area contributed by atoms with E-state index in [0.29, 0.717) is 37.2 Å². The van der Waals surface area contributed by atoms with Crippen LogP contribution in [0.5, 0.6) is 0 Å². The highest BCUT2D eigenvalue weighted by Crippen LogP contribution is 2.39. The number of benzene rings is 1. The molecule has 2 aliphatic rings. The smallest absolute Gasteiger partial charge is 0.251 e. The van der Waals surface area contributed by atoms with Gasteiger partial charge in [0.2, 0.25) is 5.91 Å². The molecule has 0 spiro atoms. The minimum atomic E-state index is -0.332. The quantitative estimate of drug-likeness (QED) is 0.788. The number of H-pyrrole nitrogens is 1. The van der Waals surface area contributed by atoms with Crippen LogP contribution in [0.1, 0.15) is 44.5 Å². The maximum absolute atomic E-state index is 13.3. The monoisotopic (exact) mass is 426 g/mol. The number of aromatic amines is 1. The zero-order valence-electron chi connectivity index (χ0n) is 18.7. The average Bonchev–Trinajstić information content (AvgIpc) is 2.97. The molecule has 2 atom stereocenters. The van der Waals surface area contributed by atoms with Gasteiger partial charge in [0, 0.05) is 54.8 Å². The number of aromatic nitrogens is 1. The fourth-order valence-electron chi connectivity index (χ4n) is 4.60. The molecule has 7 heteroatoms. The van der Waals surface area contributed by atoms with Gasteiger partial charge in [-0.3, -0.25) is 14.5 Å². The molecule has 0 saturated carbocycles. The van der Waals surface area contributed by atoms with Crippen molar-refractivity contribution < 1.29 is 9.18 Å². The molecule has 0 aliphatic carbocycles. The summed E-state index contributed by atoms with van der Waals surface area (Å²) in [5, 5.41) is 3.44. The first kappa shape index (κ1) is 21.7. The molecule has 0 radical (unpaired) electrons. The molecule has 1 saturated heterocycles. The van der Waals surface area contributed by atoms with Crippen LogP contribution in [-0.2, 0) is 16.6 Å². The van der Waals surface area contributed by atoms with Gasteiger partial charge in [-0.2, -0.15) is 0 Å². The molecule has 6 nitrogen and oxygen atoms in total. The molecule has 1 fully saturated rings. The number of halogens is 1. The second-order valence-corrected chi connectivity index (χ2v) is 9.64. The highest BCUT2D eigenvalue weighted by molar-refractivity contribution is 5.97. The number of hydrogen-bond acceptors (Lipinski definition) is 4. The van der Waals surface area contributed by atoms with E-state index >= 15 is 0 Å². The Labute approximate surface area is 182 Å². The van der Waals surface area contributed by atoms with E-state index < -0.39 is 0 Å². The van der Waals surface area contributed by atoms with Gasteiger partial charge in [-0.1, -0.05) is 26.0 Å². The van der Waals surface area contributed by atoms with Gasteiger partial charge in [-0.25, -0.2) is 4.39 Å². The number of piperazine rings is 1. The van der Waals surface area contributed by atoms with Crippen LogP contribution < -0.4 is 15.8 Å². The molecule has 1 amide bonds. The minimum Gasteiger partial charge on any atom is -0.323 e. The summed E-state index contributed by atoms with van der Waals surface area (Å²) in [4.78, 5) is 33.2. The van der Waals surface area contributed by atoms with Gasteiger partial charge in [0.1, 0.15) is 5.82 Å². The van der Waals surface area contributed by atoms with Crippen LogP contribution in [0, 0.1) is 5.82 Å². The first-order valence-corrected chi connectivity index (χ1v) is 10.9. The number of fused-ring (bicyclic) bond motifs is 1. The van der Waals surface area contributed by atoms with Crippen molar-refractivity contribution in [1.82, 2.24) is 15.2 Å². The molecule has 0 bridgehead atoms. The topological polar surface area (TPSA) is 68.4 Å². The lowest BCUT2D eigenvalue weighted by Gasteiger charge is -2.37. The number of carbonyl (C=O) groups excluding carboxylic acids is 1. The summed E-state index contributed by atoms with van der Waals surface area (Å²) in [5.74, 6) is -0.255. The number of anilines is 1. The van der Waals surface area contributed by atoms with Gasteiger partial charge in [0.05, 0.1) is 12.2 Å². The fourth-order valence-corrected chi connectivity index (χ4v) is 4.60. The maximum Gasteiger partial charge on any atom is 0.251 e. The molecule has 31 heavy (non-hydrogen) atoms. The highest BCUT2D eigenvalue weighted by atomic mass is 19.1. The van der Waals surface area contributed by atoms with Gasteiger partial charge in [0.25, 0.3) is 5.56 Å². The lowest BCUT2D eigenvalue weighted by atomic mass is 9.91. The Morgan fingerprint density at radius 1 is 1.23 bits per heavy atom. The lowest BCUT2D eigenvalue weighted by Crippen LogP contribution is -2.56. The zero-order chi connectivity index (χ0) is 22.3. The van der Waals surface area contributed by atoms with Crippen LogP contribution in [0.15, 0.2) is 35.1 Å². The molecule has 2 aliphatic heterocycles. The first-order valence-electron chi connectivity index (χ1n) is 10.9. The number of pyridine rings is 1. The van der Waals surface area contributed by atoms with Crippen molar-refractivity contribution in [2.24, 2.45) is 0 Å². The summed E-state index contributed by atoms with van der Waals surface area (Å²) >= 11 is 0. The van der Waals surface area contributed by atoms with Crippen molar-refractivity contribution >= 4 is 11.6 Å². The number of carbonyl (C=O) groups is 1. The molecule has 2 aromatic rings. The third kappa shape index (κ3) is 4.43. The summed E-state index contributed by atoms with van der Waals surface area (Å²) in [5.41, 5.74) is 2.52. The Balaban J connectivity index is 1.61. The normalized spacial score (nSPS) is 23.1. The predicted octanol–water partition coefficient (Wildman–Crippen LogP) is 2.41. The van der Waals surface area contributed by atoms with E-state index in [0.717, 1.165) is 30.0 Å². The van der Waals surface area contributed by atoms with Crippen LogP contribution in [-0.4, -0.2) is 54.1 Å². The van der Waals surface area contributed by atoms with Crippen LogP contribution in [0.2, 0.25) is 0 Å². The molecule has 1 aromatic carbocycles. The van der Waals surface area contributed by atoms with E-state index in [1.54, 1.807) is 12.1 Å². The van der Waals surface area contributed by atoms with Crippen molar-refractivity contribution in [2.75, 3.05) is 31.1 Å². The predicted molar refractivity (Wildman–Crippen MR) is 120 cm³/mol. The van der Waals surface area contributed by atoms with Gasteiger partial charge in [-0.05, 0) is 37.6 Å². The Kier molecular flexibility index (Phi) is 5.75. The van der Waals surface area contributed by atoms with E-state index in [2.05, 4.69) is 29.0 Å². The van der Waals surface area contributed by atoms with E-state index in [1.807, 2.05) is 24.8 Å². The third-order valence-electron chi connectivity index (χ3n) is 6.46. The van der Waals surface area contributed by atoms with Crippen LogP contribution in [0.4, 0.5) is 10.1 Å². The number of amides is 1. The van der Waals surface area contributed by atoms with Gasteiger partial charge in [0.15, 0.2) is 0 Å². The lowest BCUT2D eigenvalue weighted by molar-refractivity contribution is -0.120. The van der Waals surface area contributed by atoms with E-state index in [1.165, 1.54) is 12.1 Å². The zero-order valence-corrected chi connectivity index (χ0v) is 18.7. The summed E-state index contributed by atoms with van der Waals surface area (Å²) in [7, 11) is 0. The third-order valence-corrected chi connectivity index (χ3v) is 6.46. The summed E-state index contributed by atoms with van der Waals surface area (Å²) in [6.07, 6.45) is 0.387. The molecular weight excluding hydrogens is 395 g/mol. The SMILES string of the molecule is CC1CN(CC(=O)N2CC(C)(C)c3[nH]c(=O)c(Cc4ccc(F)cc4)cc32)[C@@H](C)CN1. The summed E-state index contributed by atoms with van der Waals surface area (Å²) in [6, 6.07) is 8.64. The summed E-state index contributed by atoms with van der Waals surface area (Å²) < 4.78 is 13.2. The second-order valence-electron chi connectivity index (χ2n) is 9.64. The van der Waals surface area contributed by atoms with Gasteiger partial charge < -0.3 is 15.2 Å². The Hall–Kier alpha value is -2.51. The molecular formula is C24H31FN4O2. The number of hydrogen-bond donors (Lipinski definition) is 2. The van der Waals surface area contributed by atoms with E-state index in [4.69, 9.17) is 0 Å². The van der Waals surface area contributed by atoms with Crippen LogP contribution in [0.25, 0.3) is 0 Å². The molecule has 3 heterocycles. The highest BCUT2D eigenvalue weighted by Gasteiger charge is 2.40. The number of nitrogens with zero attached hydrogens (tertiary/aromatic N) is 2. The van der Waals surface area contributed by atoms with Crippen molar-refractivity contribution in [1.29, 1.82) is 0 Å². The Morgan fingerprint density at radius 3 is 2.65 bits per heavy atom. The molecule has 166 valence electrons. The first-order chi connectivity index (χ1) is 14.6. The number of rotatable bonds is 4. The Morgan fingerprint density at radius 2 is 1.94 bits per heavy atom. The fraction of sp³-hybridized carbons (Fsp3) is 0.500. The maximum atomic E-state index is 13.3. The van der Waals surface area contributed by atoms with Gasteiger partial charge >= 0.3 is 0 Å². The van der Waals surface area contributed by atoms with Crippen LogP contribution >= 0.6 is 0 Å². The molecule has 1 aromatic heterocycles. The number of nitrogens with one attached hydrogen (secondary N) is 2. The minimum absolute atomic E-state index is 0.0487. The largest absolute Gasteiger partial charge is 0.323 e. The van der Waals surface area contributed by atoms with Crippen molar-refractivity contribution in [3.8, 4) is 0 Å². The summed E-state index contributed by atoms with van der Waals surface area (Å²) in [6.45, 7) is 10.9. The molecule has 2 N–H and O–H groups in total. The van der Waals surface area contributed by atoms with E-state index in [9.17, 15) is 14.0 Å². The van der Waals surface area contributed by atoms with Gasteiger partial charge in [-0.15, -0.1) is 0 Å².